The van der Waals surface area contributed by atoms with E-state index in [4.69, 9.17) is 9.47 Å². The third-order valence-electron chi connectivity index (χ3n) is 4.42. The highest BCUT2D eigenvalue weighted by Gasteiger charge is 2.13. The topological polar surface area (TPSA) is 81.5 Å². The van der Waals surface area contributed by atoms with E-state index in [0.717, 1.165) is 16.5 Å². The number of H-pyrrole nitrogens is 1. The van der Waals surface area contributed by atoms with Crippen LogP contribution < -0.4 is 15.0 Å². The van der Waals surface area contributed by atoms with Crippen molar-refractivity contribution in [1.82, 2.24) is 14.6 Å². The summed E-state index contributed by atoms with van der Waals surface area (Å²) in [4.78, 5) is 20.6. The van der Waals surface area contributed by atoms with Crippen LogP contribution in [0.25, 0.3) is 21.9 Å². The smallest absolute Gasteiger partial charge is 0.298 e. The first-order valence-electron chi connectivity index (χ1n) is 8.39. The minimum absolute atomic E-state index is 0.252. The van der Waals surface area contributed by atoms with Gasteiger partial charge >= 0.3 is 0 Å². The lowest BCUT2D eigenvalue weighted by Crippen LogP contribution is -2.20. The van der Waals surface area contributed by atoms with Gasteiger partial charge in [0.25, 0.3) is 5.56 Å². The lowest BCUT2D eigenvalue weighted by molar-refractivity contribution is 0.394. The molecule has 0 radical (unpaired) electrons. The Kier molecular flexibility index (Phi) is 4.12. The monoisotopic (exact) mass is 362 g/mol. The molecule has 2 aromatic heterocycles. The predicted octanol–water partition coefficient (Wildman–Crippen LogP) is 3.09. The Morgan fingerprint density at radius 3 is 2.74 bits per heavy atom. The minimum atomic E-state index is -0.252. The maximum atomic E-state index is 12.9. The van der Waals surface area contributed by atoms with Crippen molar-refractivity contribution in [2.24, 2.45) is 5.10 Å². The fraction of sp³-hybridized carbons (Fsp3) is 0.150. The Labute approximate surface area is 154 Å². The highest BCUT2D eigenvalue weighted by atomic mass is 16.5. The van der Waals surface area contributed by atoms with Gasteiger partial charge in [0.2, 0.25) is 0 Å². The van der Waals surface area contributed by atoms with Crippen LogP contribution >= 0.6 is 0 Å². The Morgan fingerprint density at radius 1 is 1.15 bits per heavy atom. The lowest BCUT2D eigenvalue weighted by Gasteiger charge is -2.07. The lowest BCUT2D eigenvalue weighted by atomic mass is 10.2. The predicted molar refractivity (Wildman–Crippen MR) is 105 cm³/mol. The number of hydrogen-bond donors (Lipinski definition) is 1. The highest BCUT2D eigenvalue weighted by molar-refractivity contribution is 6.04. The summed E-state index contributed by atoms with van der Waals surface area (Å²) in [5.41, 5.74) is 2.43. The second-order valence-corrected chi connectivity index (χ2v) is 6.02. The average Bonchev–Trinajstić information content (AvgIpc) is 3.06. The van der Waals surface area contributed by atoms with Gasteiger partial charge in [-0.05, 0) is 25.1 Å². The van der Waals surface area contributed by atoms with Crippen molar-refractivity contribution in [3.63, 3.8) is 0 Å². The summed E-state index contributed by atoms with van der Waals surface area (Å²) >= 11 is 0. The van der Waals surface area contributed by atoms with E-state index >= 15 is 0 Å². The summed E-state index contributed by atoms with van der Waals surface area (Å²) in [5.74, 6) is 1.78. The average molecular weight is 362 g/mol. The van der Waals surface area contributed by atoms with Gasteiger partial charge in [0.05, 0.1) is 20.4 Å². The van der Waals surface area contributed by atoms with Gasteiger partial charge in [-0.1, -0.05) is 18.2 Å². The van der Waals surface area contributed by atoms with Gasteiger partial charge < -0.3 is 14.5 Å². The quantitative estimate of drug-likeness (QED) is 0.566. The van der Waals surface area contributed by atoms with Gasteiger partial charge in [0.1, 0.15) is 28.4 Å². The van der Waals surface area contributed by atoms with Crippen molar-refractivity contribution >= 4 is 28.2 Å². The molecule has 0 unspecified atom stereocenters. The second kappa shape index (κ2) is 6.60. The molecular weight excluding hydrogens is 344 g/mol. The number of ether oxygens (including phenoxy) is 2. The third kappa shape index (κ3) is 2.83. The molecular formula is C20H18N4O3. The molecule has 7 nitrogen and oxygen atoms in total. The maximum Gasteiger partial charge on any atom is 0.298 e. The normalized spacial score (nSPS) is 11.5. The third-order valence-corrected chi connectivity index (χ3v) is 4.42. The van der Waals surface area contributed by atoms with Crippen LogP contribution in [0.1, 0.15) is 11.4 Å². The number of methoxy groups -OCH3 is 2. The summed E-state index contributed by atoms with van der Waals surface area (Å²) in [5, 5.41) is 5.25. The second-order valence-electron chi connectivity index (χ2n) is 6.02. The molecule has 0 atom stereocenters. The molecule has 0 aliphatic rings. The van der Waals surface area contributed by atoms with Crippen LogP contribution in [0, 0.1) is 6.92 Å². The zero-order valence-corrected chi connectivity index (χ0v) is 15.2. The summed E-state index contributed by atoms with van der Waals surface area (Å²) in [6.07, 6.45) is 1.57. The molecule has 4 aromatic rings. The van der Waals surface area contributed by atoms with Crippen molar-refractivity contribution in [1.29, 1.82) is 0 Å². The zero-order chi connectivity index (χ0) is 19.0. The van der Waals surface area contributed by atoms with Crippen LogP contribution in [0.2, 0.25) is 0 Å². The van der Waals surface area contributed by atoms with E-state index in [0.29, 0.717) is 28.4 Å². The summed E-state index contributed by atoms with van der Waals surface area (Å²) < 4.78 is 11.8. The molecule has 0 aliphatic heterocycles. The molecule has 0 saturated heterocycles. The fourth-order valence-electron chi connectivity index (χ4n) is 3.04. The molecule has 2 aromatic carbocycles. The summed E-state index contributed by atoms with van der Waals surface area (Å²) in [6, 6.07) is 13.1. The van der Waals surface area contributed by atoms with E-state index in [1.807, 2.05) is 30.3 Å². The molecule has 27 heavy (non-hydrogen) atoms. The number of fused-ring (bicyclic) bond motifs is 3. The molecule has 0 bridgehead atoms. The van der Waals surface area contributed by atoms with Crippen LogP contribution in [0.3, 0.4) is 0 Å². The SMILES string of the molecule is COc1ccc(/C=N\n2c(C)nc3c([nH]c4ccccc43)c2=O)c(OC)c1. The van der Waals surface area contributed by atoms with Gasteiger partial charge in [-0.15, -0.1) is 0 Å². The van der Waals surface area contributed by atoms with E-state index in [2.05, 4.69) is 15.1 Å². The Hall–Kier alpha value is -3.61. The molecule has 136 valence electrons. The summed E-state index contributed by atoms with van der Waals surface area (Å²) in [7, 11) is 3.16. The molecule has 2 heterocycles. The first-order chi connectivity index (χ1) is 13.1. The van der Waals surface area contributed by atoms with Crippen molar-refractivity contribution in [3.8, 4) is 11.5 Å². The first kappa shape index (κ1) is 16.8. The van der Waals surface area contributed by atoms with Crippen molar-refractivity contribution in [2.45, 2.75) is 6.92 Å². The van der Waals surface area contributed by atoms with Crippen molar-refractivity contribution < 1.29 is 9.47 Å². The van der Waals surface area contributed by atoms with E-state index in [9.17, 15) is 4.79 Å². The number of benzene rings is 2. The van der Waals surface area contributed by atoms with Crippen molar-refractivity contribution in [3.05, 3.63) is 64.2 Å². The van der Waals surface area contributed by atoms with Gasteiger partial charge in [0, 0.05) is 22.5 Å². The number of nitrogens with zero attached hydrogens (tertiary/aromatic N) is 3. The maximum absolute atomic E-state index is 12.9. The largest absolute Gasteiger partial charge is 0.497 e. The number of para-hydroxylation sites is 1. The number of hydrogen-bond acceptors (Lipinski definition) is 5. The van der Waals surface area contributed by atoms with Crippen LogP contribution in [0.4, 0.5) is 0 Å². The fourth-order valence-corrected chi connectivity index (χ4v) is 3.04. The first-order valence-corrected chi connectivity index (χ1v) is 8.39. The minimum Gasteiger partial charge on any atom is -0.497 e. The molecule has 1 N–H and O–H groups in total. The molecule has 0 fully saturated rings. The van der Waals surface area contributed by atoms with Crippen LogP contribution in [0.15, 0.2) is 52.4 Å². The number of aromatic amines is 1. The number of aromatic nitrogens is 3. The molecule has 0 saturated carbocycles. The molecule has 0 amide bonds. The highest BCUT2D eigenvalue weighted by Crippen LogP contribution is 2.24. The van der Waals surface area contributed by atoms with Gasteiger partial charge in [0.15, 0.2) is 0 Å². The van der Waals surface area contributed by atoms with E-state index in [-0.39, 0.29) is 5.56 Å². The number of nitrogens with one attached hydrogen (secondary N) is 1. The van der Waals surface area contributed by atoms with Gasteiger partial charge in [-0.3, -0.25) is 4.79 Å². The van der Waals surface area contributed by atoms with E-state index in [1.54, 1.807) is 39.5 Å². The summed E-state index contributed by atoms with van der Waals surface area (Å²) in [6.45, 7) is 1.76. The molecule has 0 spiro atoms. The van der Waals surface area contributed by atoms with Crippen LogP contribution in [0.5, 0.6) is 11.5 Å². The number of aryl methyl sites for hydroxylation is 1. The molecule has 4 rings (SSSR count). The van der Waals surface area contributed by atoms with Crippen molar-refractivity contribution in [2.75, 3.05) is 14.2 Å². The standard InChI is InChI=1S/C20H18N4O3/c1-12-22-18-15-6-4-5-7-16(15)23-19(18)20(25)24(12)21-11-13-8-9-14(26-2)10-17(13)27-3/h4-11,23H,1-3H3/b21-11-. The Bertz CT molecular complexity index is 1240. The van der Waals surface area contributed by atoms with Crippen LogP contribution in [-0.2, 0) is 0 Å². The zero-order valence-electron chi connectivity index (χ0n) is 15.2. The van der Waals surface area contributed by atoms with Gasteiger partial charge in [-0.2, -0.15) is 9.78 Å². The molecule has 7 heteroatoms. The number of rotatable bonds is 4. The Morgan fingerprint density at radius 2 is 1.96 bits per heavy atom. The van der Waals surface area contributed by atoms with Gasteiger partial charge in [-0.25, -0.2) is 4.98 Å². The van der Waals surface area contributed by atoms with Crippen LogP contribution in [-0.4, -0.2) is 35.1 Å². The van der Waals surface area contributed by atoms with E-state index in [1.165, 1.54) is 4.68 Å². The van der Waals surface area contributed by atoms with E-state index < -0.39 is 0 Å². The molecule has 0 aliphatic carbocycles. The Balaban J connectivity index is 1.84.